The van der Waals surface area contributed by atoms with Gasteiger partial charge in [0, 0.05) is 30.4 Å². The summed E-state index contributed by atoms with van der Waals surface area (Å²) in [5.41, 5.74) is 2.73. The molecular weight excluding hydrogens is 466 g/mol. The first-order chi connectivity index (χ1) is 15.4. The van der Waals surface area contributed by atoms with Gasteiger partial charge >= 0.3 is 0 Å². The molecule has 32 heavy (non-hydrogen) atoms. The second-order valence-electron chi connectivity index (χ2n) is 7.53. The zero-order chi connectivity index (χ0) is 22.3. The minimum atomic E-state index is -3.72. The second-order valence-corrected chi connectivity index (χ2v) is 11.1. The fourth-order valence-electron chi connectivity index (χ4n) is 3.36. The van der Waals surface area contributed by atoms with Crippen LogP contribution in [0.1, 0.15) is 5.56 Å². The molecule has 1 fully saturated rings. The van der Waals surface area contributed by atoms with Gasteiger partial charge in [-0.1, -0.05) is 17.4 Å². The van der Waals surface area contributed by atoms with Crippen LogP contribution >= 0.6 is 22.7 Å². The number of aromatic nitrogens is 2. The van der Waals surface area contributed by atoms with Crippen molar-refractivity contribution in [1.29, 1.82) is 0 Å². The molecule has 0 saturated carbocycles. The number of hydrogen-bond donors (Lipinski definition) is 2. The average molecular weight is 486 g/mol. The Balaban J connectivity index is 1.18. The summed E-state index contributed by atoms with van der Waals surface area (Å²) >= 11 is 2.84. The molecule has 164 valence electrons. The molecule has 2 aromatic heterocycles. The van der Waals surface area contributed by atoms with E-state index in [4.69, 9.17) is 0 Å². The van der Waals surface area contributed by atoms with Gasteiger partial charge in [-0.3, -0.25) is 9.52 Å². The summed E-state index contributed by atoms with van der Waals surface area (Å²) in [4.78, 5) is 23.4. The monoisotopic (exact) mass is 485 g/mol. The summed E-state index contributed by atoms with van der Waals surface area (Å²) < 4.78 is 28.4. The van der Waals surface area contributed by atoms with Gasteiger partial charge in [-0.05, 0) is 48.9 Å². The smallest absolute Gasteiger partial charge is 0.263 e. The first kappa shape index (κ1) is 20.9. The largest absolute Gasteiger partial charge is 0.346 e. The van der Waals surface area contributed by atoms with E-state index in [-0.39, 0.29) is 16.7 Å². The number of carbonyl (C=O) groups is 1. The number of hydrogen-bond acceptors (Lipinski definition) is 8. The van der Waals surface area contributed by atoms with Crippen LogP contribution < -0.4 is 14.9 Å². The van der Waals surface area contributed by atoms with Gasteiger partial charge in [0.1, 0.15) is 0 Å². The van der Waals surface area contributed by atoms with Crippen molar-refractivity contribution < 1.29 is 13.2 Å². The standard InChI is InChI=1S/C21H19N5O3S3/c1-13-2-7-17-18(10-13)31-21(24-17)26-11-14(12-26)19(27)23-15-3-5-16(6-4-15)32(28,29)25-20-22-8-9-30-20/h2-10,14H,11-12H2,1H3,(H,22,25)(H,23,27). The van der Waals surface area contributed by atoms with Crippen LogP contribution in [0, 0.1) is 12.8 Å². The maximum atomic E-state index is 12.6. The van der Waals surface area contributed by atoms with E-state index in [1.807, 2.05) is 12.1 Å². The molecule has 1 amide bonds. The lowest BCUT2D eigenvalue weighted by atomic mass is 10.00. The molecule has 0 spiro atoms. The lowest BCUT2D eigenvalue weighted by Gasteiger charge is -2.37. The fourth-order valence-corrected chi connectivity index (χ4v) is 6.24. The minimum absolute atomic E-state index is 0.0882. The number of thiazole rings is 2. The molecule has 5 rings (SSSR count). The molecule has 2 N–H and O–H groups in total. The van der Waals surface area contributed by atoms with Crippen LogP contribution in [-0.2, 0) is 14.8 Å². The van der Waals surface area contributed by atoms with Crippen molar-refractivity contribution in [3.63, 3.8) is 0 Å². The molecule has 2 aromatic carbocycles. The lowest BCUT2D eigenvalue weighted by Crippen LogP contribution is -2.52. The average Bonchev–Trinajstić information content (AvgIpc) is 3.36. The molecule has 8 nitrogen and oxygen atoms in total. The zero-order valence-corrected chi connectivity index (χ0v) is 19.4. The third-order valence-electron chi connectivity index (χ3n) is 5.14. The molecule has 11 heteroatoms. The van der Waals surface area contributed by atoms with Crippen molar-refractivity contribution in [2.24, 2.45) is 5.92 Å². The van der Waals surface area contributed by atoms with Crippen molar-refractivity contribution in [3.8, 4) is 0 Å². The van der Waals surface area contributed by atoms with Crippen LogP contribution in [0.2, 0.25) is 0 Å². The van der Waals surface area contributed by atoms with Crippen LogP contribution in [0.3, 0.4) is 0 Å². The highest BCUT2D eigenvalue weighted by molar-refractivity contribution is 7.93. The second kappa shape index (κ2) is 8.15. The number of benzene rings is 2. The third kappa shape index (κ3) is 4.18. The molecule has 0 atom stereocenters. The Labute approximate surface area is 193 Å². The Morgan fingerprint density at radius 3 is 2.66 bits per heavy atom. The number of nitrogens with zero attached hydrogens (tertiary/aromatic N) is 3. The van der Waals surface area contributed by atoms with Crippen LogP contribution in [0.15, 0.2) is 58.9 Å². The predicted molar refractivity (Wildman–Crippen MR) is 128 cm³/mol. The summed E-state index contributed by atoms with van der Waals surface area (Å²) in [5, 5.41) is 5.79. The van der Waals surface area contributed by atoms with Crippen molar-refractivity contribution >= 4 is 64.8 Å². The maximum Gasteiger partial charge on any atom is 0.263 e. The van der Waals surface area contributed by atoms with Gasteiger partial charge in [-0.25, -0.2) is 18.4 Å². The fraction of sp³-hybridized carbons (Fsp3) is 0.190. The van der Waals surface area contributed by atoms with Crippen LogP contribution in [0.25, 0.3) is 10.2 Å². The molecule has 1 aliphatic rings. The van der Waals surface area contributed by atoms with E-state index < -0.39 is 10.0 Å². The Kier molecular flexibility index (Phi) is 5.31. The Morgan fingerprint density at radius 2 is 1.94 bits per heavy atom. The van der Waals surface area contributed by atoms with Gasteiger partial charge in [0.05, 0.1) is 21.0 Å². The van der Waals surface area contributed by atoms with E-state index in [0.717, 1.165) is 15.3 Å². The van der Waals surface area contributed by atoms with Crippen molar-refractivity contribution in [2.75, 3.05) is 28.0 Å². The van der Waals surface area contributed by atoms with E-state index in [2.05, 4.69) is 37.9 Å². The first-order valence-corrected chi connectivity index (χ1v) is 13.0. The van der Waals surface area contributed by atoms with Crippen molar-refractivity contribution in [2.45, 2.75) is 11.8 Å². The van der Waals surface area contributed by atoms with E-state index in [1.54, 1.807) is 28.8 Å². The number of amides is 1. The molecule has 1 aliphatic heterocycles. The Bertz CT molecular complexity index is 1380. The number of carbonyl (C=O) groups excluding carboxylic acids is 1. The molecule has 1 saturated heterocycles. The quantitative estimate of drug-likeness (QED) is 0.429. The number of rotatable bonds is 6. The lowest BCUT2D eigenvalue weighted by molar-refractivity contribution is -0.120. The molecule has 0 aliphatic carbocycles. The first-order valence-electron chi connectivity index (χ1n) is 9.83. The van der Waals surface area contributed by atoms with E-state index >= 15 is 0 Å². The van der Waals surface area contributed by atoms with Gasteiger partial charge in [-0.2, -0.15) is 0 Å². The zero-order valence-electron chi connectivity index (χ0n) is 17.0. The highest BCUT2D eigenvalue weighted by Gasteiger charge is 2.34. The molecule has 0 bridgehead atoms. The molecule has 4 aromatic rings. The number of nitrogens with one attached hydrogen (secondary N) is 2. The predicted octanol–water partition coefficient (Wildman–Crippen LogP) is 3.94. The van der Waals surface area contributed by atoms with E-state index in [0.29, 0.717) is 23.9 Å². The van der Waals surface area contributed by atoms with E-state index in [1.165, 1.54) is 35.2 Å². The number of fused-ring (bicyclic) bond motifs is 1. The van der Waals surface area contributed by atoms with Gasteiger partial charge in [0.2, 0.25) is 5.91 Å². The minimum Gasteiger partial charge on any atom is -0.346 e. The molecule has 3 heterocycles. The van der Waals surface area contributed by atoms with Crippen LogP contribution in [0.4, 0.5) is 16.0 Å². The van der Waals surface area contributed by atoms with Gasteiger partial charge in [0.15, 0.2) is 10.3 Å². The normalized spacial score (nSPS) is 14.3. The van der Waals surface area contributed by atoms with Gasteiger partial charge < -0.3 is 10.2 Å². The molecule has 0 radical (unpaired) electrons. The van der Waals surface area contributed by atoms with Gasteiger partial charge in [0.25, 0.3) is 10.0 Å². The van der Waals surface area contributed by atoms with Crippen molar-refractivity contribution in [3.05, 3.63) is 59.6 Å². The van der Waals surface area contributed by atoms with Crippen LogP contribution in [-0.4, -0.2) is 37.4 Å². The topological polar surface area (TPSA) is 104 Å². The number of anilines is 3. The summed E-state index contributed by atoms with van der Waals surface area (Å²) in [5.74, 6) is -0.228. The van der Waals surface area contributed by atoms with Crippen LogP contribution in [0.5, 0.6) is 0 Å². The highest BCUT2D eigenvalue weighted by atomic mass is 32.2. The van der Waals surface area contributed by atoms with E-state index in [9.17, 15) is 13.2 Å². The summed E-state index contributed by atoms with van der Waals surface area (Å²) in [6.45, 7) is 3.27. The summed E-state index contributed by atoms with van der Waals surface area (Å²) in [6, 6.07) is 12.3. The van der Waals surface area contributed by atoms with Crippen molar-refractivity contribution in [1.82, 2.24) is 9.97 Å². The third-order valence-corrected chi connectivity index (χ3v) is 8.39. The molecular formula is C21H19N5O3S3. The SMILES string of the molecule is Cc1ccc2nc(N3CC(C(=O)Nc4ccc(S(=O)(=O)Nc5nccs5)cc4)C3)sc2c1. The Morgan fingerprint density at radius 1 is 1.16 bits per heavy atom. The highest BCUT2D eigenvalue weighted by Crippen LogP contribution is 2.33. The number of sulfonamides is 1. The Hall–Kier alpha value is -3.02. The maximum absolute atomic E-state index is 12.6. The summed E-state index contributed by atoms with van der Waals surface area (Å²) in [6.07, 6.45) is 1.53. The van der Waals surface area contributed by atoms with Gasteiger partial charge in [-0.15, -0.1) is 11.3 Å². The summed E-state index contributed by atoms with van der Waals surface area (Å²) in [7, 11) is -3.72. The number of aryl methyl sites for hydroxylation is 1. The molecule has 0 unspecified atom stereocenters.